The molecule has 1 aromatic rings. The summed E-state index contributed by atoms with van der Waals surface area (Å²) in [6.07, 6.45) is -0.858. The number of nitrogen functional groups attached to an aromatic ring is 1. The Bertz CT molecular complexity index is 583. The zero-order valence-corrected chi connectivity index (χ0v) is 12.9. The van der Waals surface area contributed by atoms with E-state index >= 15 is 0 Å². The van der Waals surface area contributed by atoms with E-state index in [1.807, 2.05) is 0 Å². The van der Waals surface area contributed by atoms with Crippen molar-refractivity contribution >= 4 is 27.3 Å². The van der Waals surface area contributed by atoms with E-state index in [1.165, 1.54) is 19.1 Å². The number of aryl methyl sites for hydroxylation is 1. The number of hydrogen-bond acceptors (Lipinski definition) is 4. The summed E-state index contributed by atoms with van der Waals surface area (Å²) in [4.78, 5) is -0.0917. The van der Waals surface area contributed by atoms with Crippen molar-refractivity contribution in [2.24, 2.45) is 0 Å². The summed E-state index contributed by atoms with van der Waals surface area (Å²) in [7, 11) is -3.85. The first kappa shape index (κ1) is 16.2. The van der Waals surface area contributed by atoms with Crippen molar-refractivity contribution in [1.29, 1.82) is 0 Å². The van der Waals surface area contributed by atoms with Gasteiger partial charge in [-0.1, -0.05) is 11.6 Å². The molecular weight excluding hydrogens is 288 g/mol. The molecule has 0 fully saturated rings. The Morgan fingerprint density at radius 1 is 1.42 bits per heavy atom. The van der Waals surface area contributed by atoms with Crippen molar-refractivity contribution < 1.29 is 13.5 Å². The van der Waals surface area contributed by atoms with Crippen LogP contribution >= 0.6 is 11.6 Å². The maximum atomic E-state index is 12.3. The van der Waals surface area contributed by atoms with Crippen molar-refractivity contribution in [3.63, 3.8) is 0 Å². The highest BCUT2D eigenvalue weighted by atomic mass is 35.5. The molecule has 0 spiro atoms. The van der Waals surface area contributed by atoms with E-state index < -0.39 is 21.7 Å². The maximum absolute atomic E-state index is 12.3. The van der Waals surface area contributed by atoms with Crippen molar-refractivity contribution in [1.82, 2.24) is 4.72 Å². The summed E-state index contributed by atoms with van der Waals surface area (Å²) in [6.45, 7) is 6.42. The van der Waals surface area contributed by atoms with Crippen LogP contribution in [0.4, 0.5) is 5.69 Å². The predicted molar refractivity (Wildman–Crippen MR) is 76.7 cm³/mol. The van der Waals surface area contributed by atoms with Gasteiger partial charge in [0.2, 0.25) is 10.0 Å². The summed E-state index contributed by atoms with van der Waals surface area (Å²) in [5.41, 5.74) is 5.75. The predicted octanol–water partition coefficient (Wildman–Crippen LogP) is 1.67. The molecule has 19 heavy (non-hydrogen) atoms. The lowest BCUT2D eigenvalue weighted by atomic mass is 10.0. The third kappa shape index (κ3) is 3.60. The molecule has 0 amide bonds. The minimum Gasteiger partial charge on any atom is -0.398 e. The molecule has 7 heteroatoms. The summed E-state index contributed by atoms with van der Waals surface area (Å²) in [6, 6.07) is 2.82. The third-order valence-electron chi connectivity index (χ3n) is 3.05. The van der Waals surface area contributed by atoms with Crippen LogP contribution in [0.2, 0.25) is 5.02 Å². The fraction of sp³-hybridized carbons (Fsp3) is 0.500. The lowest BCUT2D eigenvalue weighted by Gasteiger charge is -2.29. The minimum absolute atomic E-state index is 0.0917. The van der Waals surface area contributed by atoms with E-state index in [2.05, 4.69) is 4.72 Å². The molecule has 1 atom stereocenters. The lowest BCUT2D eigenvalue weighted by molar-refractivity contribution is 0.111. The molecule has 0 aliphatic carbocycles. The zero-order chi connectivity index (χ0) is 15.0. The van der Waals surface area contributed by atoms with Gasteiger partial charge in [-0.05, 0) is 45.4 Å². The van der Waals surface area contributed by atoms with Crippen molar-refractivity contribution in [2.75, 3.05) is 5.73 Å². The second-order valence-electron chi connectivity index (χ2n) is 5.14. The molecular formula is C12H19ClN2O3S. The van der Waals surface area contributed by atoms with Crippen molar-refractivity contribution in [3.05, 3.63) is 22.7 Å². The monoisotopic (exact) mass is 306 g/mol. The van der Waals surface area contributed by atoms with Crippen LogP contribution in [0.3, 0.4) is 0 Å². The number of sulfonamides is 1. The molecule has 5 nitrogen and oxygen atoms in total. The molecule has 4 N–H and O–H groups in total. The van der Waals surface area contributed by atoms with Gasteiger partial charge in [-0.25, -0.2) is 13.1 Å². The number of benzene rings is 1. The Hall–Kier alpha value is -0.820. The normalized spacial score (nSPS) is 14.4. The Labute approximate surface area is 118 Å². The Morgan fingerprint density at radius 2 is 1.95 bits per heavy atom. The number of anilines is 1. The summed E-state index contributed by atoms with van der Waals surface area (Å²) < 4.78 is 27.0. The summed E-state index contributed by atoms with van der Waals surface area (Å²) in [5.74, 6) is 0. The number of halogens is 1. The van der Waals surface area contributed by atoms with E-state index in [9.17, 15) is 13.5 Å². The van der Waals surface area contributed by atoms with Crippen molar-refractivity contribution in [3.8, 4) is 0 Å². The Morgan fingerprint density at radius 3 is 2.42 bits per heavy atom. The lowest BCUT2D eigenvalue weighted by Crippen LogP contribution is -2.50. The number of nitrogens with two attached hydrogens (primary N) is 1. The standard InChI is InChI=1S/C12H19ClN2O3S/c1-7-5-9(13)11(6-10(7)14)19(17,18)15-12(3,4)8(2)16/h5-6,8,15-16H,14H2,1-4H3. The van der Waals surface area contributed by atoms with Crippen LogP contribution < -0.4 is 10.5 Å². The average Bonchev–Trinajstić information content (AvgIpc) is 2.21. The van der Waals surface area contributed by atoms with Gasteiger partial charge in [-0.15, -0.1) is 0 Å². The molecule has 0 heterocycles. The van der Waals surface area contributed by atoms with Gasteiger partial charge in [0.05, 0.1) is 16.7 Å². The Balaban J connectivity index is 3.26. The van der Waals surface area contributed by atoms with Gasteiger partial charge in [0.15, 0.2) is 0 Å². The molecule has 1 unspecified atom stereocenters. The number of hydrogen-bond donors (Lipinski definition) is 3. The zero-order valence-electron chi connectivity index (χ0n) is 11.4. The largest absolute Gasteiger partial charge is 0.398 e. The van der Waals surface area contributed by atoms with Gasteiger partial charge in [0.1, 0.15) is 4.90 Å². The highest BCUT2D eigenvalue weighted by Crippen LogP contribution is 2.27. The molecule has 0 saturated heterocycles. The van der Waals surface area contributed by atoms with Gasteiger partial charge in [-0.2, -0.15) is 0 Å². The van der Waals surface area contributed by atoms with E-state index in [0.717, 1.165) is 0 Å². The van der Waals surface area contributed by atoms with E-state index in [0.29, 0.717) is 11.3 Å². The van der Waals surface area contributed by atoms with Crippen LogP contribution in [0.25, 0.3) is 0 Å². The fourth-order valence-corrected chi connectivity index (χ4v) is 3.45. The second-order valence-corrected chi connectivity index (χ2v) is 7.20. The molecule has 1 aromatic carbocycles. The molecule has 0 aromatic heterocycles. The van der Waals surface area contributed by atoms with Gasteiger partial charge in [0.25, 0.3) is 0 Å². The number of nitrogens with one attached hydrogen (secondary N) is 1. The van der Waals surface area contributed by atoms with Crippen LogP contribution in [0.5, 0.6) is 0 Å². The van der Waals surface area contributed by atoms with Gasteiger partial charge >= 0.3 is 0 Å². The van der Waals surface area contributed by atoms with E-state index in [-0.39, 0.29) is 9.92 Å². The van der Waals surface area contributed by atoms with Gasteiger partial charge in [-0.3, -0.25) is 0 Å². The molecule has 1 rings (SSSR count). The molecule has 0 aliphatic rings. The SMILES string of the molecule is Cc1cc(Cl)c(S(=O)(=O)NC(C)(C)C(C)O)cc1N. The molecule has 108 valence electrons. The molecule has 0 radical (unpaired) electrons. The molecule has 0 bridgehead atoms. The van der Waals surface area contributed by atoms with Crippen LogP contribution in [0.1, 0.15) is 26.3 Å². The number of aliphatic hydroxyl groups is 1. The maximum Gasteiger partial charge on any atom is 0.242 e. The second kappa shape index (κ2) is 5.28. The van der Waals surface area contributed by atoms with Crippen LogP contribution in [0.15, 0.2) is 17.0 Å². The number of aliphatic hydroxyl groups excluding tert-OH is 1. The topological polar surface area (TPSA) is 92.4 Å². The van der Waals surface area contributed by atoms with Crippen molar-refractivity contribution in [2.45, 2.75) is 44.2 Å². The first-order valence-electron chi connectivity index (χ1n) is 5.75. The average molecular weight is 307 g/mol. The summed E-state index contributed by atoms with van der Waals surface area (Å²) >= 11 is 5.96. The first-order chi connectivity index (χ1) is 8.47. The quantitative estimate of drug-likeness (QED) is 0.738. The fourth-order valence-electron chi connectivity index (χ4n) is 1.36. The van der Waals surface area contributed by atoms with Crippen LogP contribution in [-0.2, 0) is 10.0 Å². The first-order valence-corrected chi connectivity index (χ1v) is 7.61. The Kier molecular flexibility index (Phi) is 4.51. The smallest absolute Gasteiger partial charge is 0.242 e. The molecule has 0 aliphatic heterocycles. The van der Waals surface area contributed by atoms with E-state index in [4.69, 9.17) is 17.3 Å². The van der Waals surface area contributed by atoms with E-state index in [1.54, 1.807) is 20.8 Å². The minimum atomic E-state index is -3.85. The number of rotatable bonds is 4. The summed E-state index contributed by atoms with van der Waals surface area (Å²) in [5, 5.41) is 9.67. The van der Waals surface area contributed by atoms with Crippen LogP contribution in [-0.4, -0.2) is 25.2 Å². The van der Waals surface area contributed by atoms with Gasteiger partial charge < -0.3 is 10.8 Å². The van der Waals surface area contributed by atoms with Gasteiger partial charge in [0, 0.05) is 5.69 Å². The molecule has 0 saturated carbocycles. The highest BCUT2D eigenvalue weighted by molar-refractivity contribution is 7.89. The van der Waals surface area contributed by atoms with Crippen LogP contribution in [0, 0.1) is 6.92 Å². The highest BCUT2D eigenvalue weighted by Gasteiger charge is 2.31. The third-order valence-corrected chi connectivity index (χ3v) is 5.19.